The molecule has 1 N–H and O–H groups in total. The van der Waals surface area contributed by atoms with E-state index in [0.29, 0.717) is 13.0 Å². The Morgan fingerprint density at radius 3 is 2.83 bits per heavy atom. The molecule has 1 saturated heterocycles. The Hall–Kier alpha value is -1.91. The molecule has 0 saturated carbocycles. The molecule has 5 heteroatoms. The summed E-state index contributed by atoms with van der Waals surface area (Å²) in [6, 6.07) is 3.19. The standard InChI is InChI=1S/C13H16N2O3/c16-12-4-2-1-3-7-15(12)9-11-6-5-10(8-14-11)13(17)18/h5-6,8H,1-4,7,9H2,(H,17,18). The van der Waals surface area contributed by atoms with Crippen LogP contribution in [0.4, 0.5) is 0 Å². The van der Waals surface area contributed by atoms with Crippen molar-refractivity contribution in [2.45, 2.75) is 32.2 Å². The van der Waals surface area contributed by atoms with Crippen molar-refractivity contribution in [3.8, 4) is 0 Å². The summed E-state index contributed by atoms with van der Waals surface area (Å²) in [7, 11) is 0. The molecule has 96 valence electrons. The van der Waals surface area contributed by atoms with Gasteiger partial charge >= 0.3 is 5.97 Å². The lowest BCUT2D eigenvalue weighted by Gasteiger charge is -2.19. The van der Waals surface area contributed by atoms with Crippen LogP contribution in [-0.4, -0.2) is 33.4 Å². The van der Waals surface area contributed by atoms with Crippen LogP contribution in [0.2, 0.25) is 0 Å². The molecule has 5 nitrogen and oxygen atoms in total. The summed E-state index contributed by atoms with van der Waals surface area (Å²) in [4.78, 5) is 28.4. The van der Waals surface area contributed by atoms with E-state index in [4.69, 9.17) is 5.11 Å². The molecule has 1 aromatic rings. The predicted octanol–water partition coefficient (Wildman–Crippen LogP) is 1.68. The Morgan fingerprint density at radius 2 is 2.17 bits per heavy atom. The molecule has 0 atom stereocenters. The molecule has 1 aliphatic heterocycles. The van der Waals surface area contributed by atoms with Crippen LogP contribution in [0, 0.1) is 0 Å². The Labute approximate surface area is 105 Å². The summed E-state index contributed by atoms with van der Waals surface area (Å²) in [5.74, 6) is -0.823. The second-order valence-corrected chi connectivity index (χ2v) is 4.47. The molecule has 0 aromatic carbocycles. The average molecular weight is 248 g/mol. The number of nitrogens with zero attached hydrogens (tertiary/aromatic N) is 2. The summed E-state index contributed by atoms with van der Waals surface area (Å²) >= 11 is 0. The topological polar surface area (TPSA) is 70.5 Å². The zero-order chi connectivity index (χ0) is 13.0. The van der Waals surface area contributed by atoms with Crippen LogP contribution in [0.15, 0.2) is 18.3 Å². The number of aromatic nitrogens is 1. The number of hydrogen-bond acceptors (Lipinski definition) is 3. The van der Waals surface area contributed by atoms with Gasteiger partial charge in [0.15, 0.2) is 0 Å². The van der Waals surface area contributed by atoms with Gasteiger partial charge in [0.1, 0.15) is 0 Å². The van der Waals surface area contributed by atoms with Gasteiger partial charge in [-0.3, -0.25) is 9.78 Å². The summed E-state index contributed by atoms with van der Waals surface area (Å²) in [6.45, 7) is 1.24. The fourth-order valence-electron chi connectivity index (χ4n) is 2.05. The molecular weight excluding hydrogens is 232 g/mol. The van der Waals surface area contributed by atoms with E-state index >= 15 is 0 Å². The van der Waals surface area contributed by atoms with E-state index in [1.165, 1.54) is 12.3 Å². The fourth-order valence-corrected chi connectivity index (χ4v) is 2.05. The van der Waals surface area contributed by atoms with E-state index in [-0.39, 0.29) is 11.5 Å². The average Bonchev–Trinajstić information content (AvgIpc) is 2.56. The highest BCUT2D eigenvalue weighted by molar-refractivity contribution is 5.87. The summed E-state index contributed by atoms with van der Waals surface area (Å²) in [5.41, 5.74) is 0.899. The van der Waals surface area contributed by atoms with Gasteiger partial charge in [0, 0.05) is 19.2 Å². The largest absolute Gasteiger partial charge is 0.478 e. The maximum absolute atomic E-state index is 11.8. The van der Waals surface area contributed by atoms with Crippen LogP contribution < -0.4 is 0 Å². The summed E-state index contributed by atoms with van der Waals surface area (Å²) in [6.07, 6.45) is 5.01. The number of likely N-dealkylation sites (tertiary alicyclic amines) is 1. The Morgan fingerprint density at radius 1 is 1.33 bits per heavy atom. The smallest absolute Gasteiger partial charge is 0.337 e. The van der Waals surface area contributed by atoms with Crippen LogP contribution in [0.25, 0.3) is 0 Å². The molecule has 2 rings (SSSR count). The number of carbonyl (C=O) groups excluding carboxylic acids is 1. The zero-order valence-corrected chi connectivity index (χ0v) is 10.1. The van der Waals surface area contributed by atoms with Gasteiger partial charge < -0.3 is 10.0 Å². The Bertz CT molecular complexity index is 442. The van der Waals surface area contributed by atoms with E-state index in [2.05, 4.69) is 4.98 Å². The fraction of sp³-hybridized carbons (Fsp3) is 0.462. The van der Waals surface area contributed by atoms with Gasteiger partial charge in [0.2, 0.25) is 5.91 Å². The molecule has 2 heterocycles. The zero-order valence-electron chi connectivity index (χ0n) is 10.1. The van der Waals surface area contributed by atoms with Crippen molar-refractivity contribution in [3.05, 3.63) is 29.6 Å². The minimum absolute atomic E-state index is 0.164. The van der Waals surface area contributed by atoms with Crippen LogP contribution in [0.5, 0.6) is 0 Å². The Kier molecular flexibility index (Phi) is 3.92. The lowest BCUT2D eigenvalue weighted by atomic mass is 10.2. The number of carboxylic acid groups (broad SMARTS) is 1. The van der Waals surface area contributed by atoms with Gasteiger partial charge in [-0.05, 0) is 25.0 Å². The molecule has 1 aromatic heterocycles. The normalized spacial score (nSPS) is 16.4. The maximum Gasteiger partial charge on any atom is 0.337 e. The second kappa shape index (κ2) is 5.62. The number of pyridine rings is 1. The number of hydrogen-bond donors (Lipinski definition) is 1. The van der Waals surface area contributed by atoms with Crippen LogP contribution >= 0.6 is 0 Å². The van der Waals surface area contributed by atoms with Crippen molar-refractivity contribution in [2.75, 3.05) is 6.54 Å². The van der Waals surface area contributed by atoms with Gasteiger partial charge in [-0.25, -0.2) is 4.79 Å². The highest BCUT2D eigenvalue weighted by Crippen LogP contribution is 2.13. The van der Waals surface area contributed by atoms with Crippen molar-refractivity contribution >= 4 is 11.9 Å². The van der Waals surface area contributed by atoms with Gasteiger partial charge in [-0.2, -0.15) is 0 Å². The lowest BCUT2D eigenvalue weighted by Crippen LogP contribution is -2.30. The van der Waals surface area contributed by atoms with Gasteiger partial charge in [0.25, 0.3) is 0 Å². The molecule has 0 radical (unpaired) electrons. The number of rotatable bonds is 3. The molecule has 0 aliphatic carbocycles. The SMILES string of the molecule is O=C(O)c1ccc(CN2CCCCCC2=O)nc1. The molecule has 0 spiro atoms. The van der Waals surface area contributed by atoms with E-state index in [9.17, 15) is 9.59 Å². The van der Waals surface area contributed by atoms with E-state index in [1.54, 1.807) is 11.0 Å². The monoisotopic (exact) mass is 248 g/mol. The van der Waals surface area contributed by atoms with E-state index < -0.39 is 5.97 Å². The molecule has 1 aliphatic rings. The molecule has 0 unspecified atom stereocenters. The second-order valence-electron chi connectivity index (χ2n) is 4.47. The maximum atomic E-state index is 11.8. The number of aromatic carboxylic acids is 1. The minimum atomic E-state index is -0.986. The van der Waals surface area contributed by atoms with Crippen LogP contribution in [-0.2, 0) is 11.3 Å². The van der Waals surface area contributed by atoms with Crippen molar-refractivity contribution in [3.63, 3.8) is 0 Å². The van der Waals surface area contributed by atoms with Crippen molar-refractivity contribution < 1.29 is 14.7 Å². The first kappa shape index (κ1) is 12.5. The third-order valence-corrected chi connectivity index (χ3v) is 3.10. The number of carbonyl (C=O) groups is 2. The molecular formula is C13H16N2O3. The summed E-state index contributed by atoms with van der Waals surface area (Å²) < 4.78 is 0. The molecule has 1 amide bonds. The van der Waals surface area contributed by atoms with E-state index in [0.717, 1.165) is 31.5 Å². The third kappa shape index (κ3) is 3.06. The molecule has 1 fully saturated rings. The van der Waals surface area contributed by atoms with Crippen molar-refractivity contribution in [1.29, 1.82) is 0 Å². The summed E-state index contributed by atoms with van der Waals surface area (Å²) in [5, 5.41) is 8.77. The third-order valence-electron chi connectivity index (χ3n) is 3.10. The van der Waals surface area contributed by atoms with Crippen molar-refractivity contribution in [2.24, 2.45) is 0 Å². The Balaban J connectivity index is 2.03. The lowest BCUT2D eigenvalue weighted by molar-refractivity contribution is -0.131. The molecule has 18 heavy (non-hydrogen) atoms. The van der Waals surface area contributed by atoms with Crippen LogP contribution in [0.1, 0.15) is 41.7 Å². The van der Waals surface area contributed by atoms with Gasteiger partial charge in [-0.15, -0.1) is 0 Å². The highest BCUT2D eigenvalue weighted by atomic mass is 16.4. The first-order valence-electron chi connectivity index (χ1n) is 6.13. The highest BCUT2D eigenvalue weighted by Gasteiger charge is 2.17. The van der Waals surface area contributed by atoms with Gasteiger partial charge in [-0.1, -0.05) is 6.42 Å². The minimum Gasteiger partial charge on any atom is -0.478 e. The molecule has 0 bridgehead atoms. The number of carboxylic acids is 1. The predicted molar refractivity (Wildman–Crippen MR) is 65.1 cm³/mol. The van der Waals surface area contributed by atoms with Gasteiger partial charge in [0.05, 0.1) is 17.8 Å². The quantitative estimate of drug-likeness (QED) is 0.883. The van der Waals surface area contributed by atoms with Crippen molar-refractivity contribution in [1.82, 2.24) is 9.88 Å². The van der Waals surface area contributed by atoms with E-state index in [1.807, 2.05) is 0 Å². The first-order chi connectivity index (χ1) is 8.66. The number of amides is 1. The van der Waals surface area contributed by atoms with Crippen LogP contribution in [0.3, 0.4) is 0 Å². The first-order valence-corrected chi connectivity index (χ1v) is 6.13.